The van der Waals surface area contributed by atoms with Crippen LogP contribution in [0.2, 0.25) is 0 Å². The van der Waals surface area contributed by atoms with E-state index in [1.54, 1.807) is 0 Å². The minimum absolute atomic E-state index is 0.726. The molecule has 16 bridgehead atoms. The summed E-state index contributed by atoms with van der Waals surface area (Å²) in [5.74, 6) is 0.726. The molecule has 0 aromatic carbocycles. The summed E-state index contributed by atoms with van der Waals surface area (Å²) in [7, 11) is 0. The number of hydrogen-bond acceptors (Lipinski definition) is 5. The second-order valence-corrected chi connectivity index (χ2v) is 13.3. The molecule has 0 aliphatic carbocycles. The standard InChI is InChI=1S/C43H28N10/c1-3-26-15-30-9-11-34(49-30)21-40-38(19-36(51-40)17-32-7-5-28(47-32)13-24(1)45-26)42-23-44-43(53-42)39-20-37-18-33-8-6-29(48-33)14-25-2-4-27(46-25)16-31-10-12-35(50-31)22-41(39)52-37/h1-23,45-46,51-52H,(H,44,53). The Labute approximate surface area is 301 Å². The van der Waals surface area contributed by atoms with Crippen molar-refractivity contribution in [1.29, 1.82) is 0 Å². The van der Waals surface area contributed by atoms with Gasteiger partial charge in [0.15, 0.2) is 0 Å². The molecule has 0 fully saturated rings. The molecule has 10 nitrogen and oxygen atoms in total. The second-order valence-electron chi connectivity index (χ2n) is 13.3. The van der Waals surface area contributed by atoms with Gasteiger partial charge in [-0.3, -0.25) is 0 Å². The largest absolute Gasteiger partial charge is 0.355 e. The Kier molecular flexibility index (Phi) is 6.31. The molecule has 7 aromatic heterocycles. The normalized spacial score (nSPS) is 13.0. The van der Waals surface area contributed by atoms with E-state index in [-0.39, 0.29) is 0 Å². The van der Waals surface area contributed by atoms with Gasteiger partial charge in [-0.15, -0.1) is 0 Å². The molecule has 11 heterocycles. The van der Waals surface area contributed by atoms with Gasteiger partial charge < -0.3 is 24.9 Å². The molecule has 0 saturated carbocycles. The summed E-state index contributed by atoms with van der Waals surface area (Å²) in [6, 6.07) is 28.8. The highest BCUT2D eigenvalue weighted by Crippen LogP contribution is 2.31. The molecule has 0 saturated heterocycles. The Hall–Kier alpha value is -7.59. The van der Waals surface area contributed by atoms with Crippen LogP contribution in [0, 0.1) is 0 Å². The maximum absolute atomic E-state index is 5.17. The number of aromatic nitrogens is 10. The molecule has 4 aliphatic rings. The monoisotopic (exact) mass is 684 g/mol. The van der Waals surface area contributed by atoms with Crippen LogP contribution in [0.25, 0.3) is 115 Å². The Balaban J connectivity index is 1.08. The summed E-state index contributed by atoms with van der Waals surface area (Å²) in [5, 5.41) is 0. The maximum Gasteiger partial charge on any atom is 0.140 e. The first-order chi connectivity index (χ1) is 26.1. The van der Waals surface area contributed by atoms with E-state index in [2.05, 4.69) is 49.2 Å². The SMILES string of the molecule is C1=Cc2cc3cc(-c4c[nH]c(-c5cc6cc7nc(cc8ccc(cc9nc(cc5[nH]6)C=C9)[nH]8)C=C7)n4)c(cc4nc(cc5ccc(cc1n2)[nH]5)C=C4)[nH]3. The van der Waals surface area contributed by atoms with Crippen molar-refractivity contribution in [2.45, 2.75) is 0 Å². The first-order valence-electron chi connectivity index (χ1n) is 17.3. The van der Waals surface area contributed by atoms with Crippen LogP contribution < -0.4 is 0 Å². The van der Waals surface area contributed by atoms with Crippen molar-refractivity contribution < 1.29 is 0 Å². The fourth-order valence-electron chi connectivity index (χ4n) is 7.04. The molecule has 0 amide bonds. The van der Waals surface area contributed by atoms with Crippen LogP contribution in [0.3, 0.4) is 0 Å². The Morgan fingerprint density at radius 2 is 0.679 bits per heavy atom. The van der Waals surface area contributed by atoms with E-state index in [0.29, 0.717) is 0 Å². The van der Waals surface area contributed by atoms with Gasteiger partial charge in [-0.05, 0) is 134 Å². The number of nitrogens with one attached hydrogen (secondary N) is 5. The van der Waals surface area contributed by atoms with Gasteiger partial charge in [0.05, 0.1) is 62.3 Å². The predicted molar refractivity (Wildman–Crippen MR) is 214 cm³/mol. The number of hydrogen-bond donors (Lipinski definition) is 5. The molecular weight excluding hydrogens is 657 g/mol. The summed E-state index contributed by atoms with van der Waals surface area (Å²) in [6.45, 7) is 0. The molecule has 53 heavy (non-hydrogen) atoms. The van der Waals surface area contributed by atoms with Crippen molar-refractivity contribution in [3.8, 4) is 22.6 Å². The fourth-order valence-corrected chi connectivity index (χ4v) is 7.04. The van der Waals surface area contributed by atoms with E-state index in [4.69, 9.17) is 24.9 Å². The summed E-state index contributed by atoms with van der Waals surface area (Å²) >= 11 is 0. The van der Waals surface area contributed by atoms with Gasteiger partial charge in [0.1, 0.15) is 5.82 Å². The number of aromatic amines is 5. The molecule has 11 rings (SSSR count). The van der Waals surface area contributed by atoms with E-state index in [1.165, 1.54) is 0 Å². The third-order valence-corrected chi connectivity index (χ3v) is 9.45. The zero-order valence-corrected chi connectivity index (χ0v) is 28.0. The molecule has 0 radical (unpaired) electrons. The van der Waals surface area contributed by atoms with E-state index in [0.717, 1.165) is 112 Å². The quantitative estimate of drug-likeness (QED) is 0.123. The number of imidazole rings is 1. The Morgan fingerprint density at radius 3 is 1.11 bits per heavy atom. The summed E-state index contributed by atoms with van der Waals surface area (Å²) in [4.78, 5) is 42.1. The summed E-state index contributed by atoms with van der Waals surface area (Å²) < 4.78 is 0. The first-order valence-corrected chi connectivity index (χ1v) is 17.3. The smallest absolute Gasteiger partial charge is 0.140 e. The average molecular weight is 685 g/mol. The van der Waals surface area contributed by atoms with Crippen molar-refractivity contribution in [2.75, 3.05) is 0 Å². The van der Waals surface area contributed by atoms with Gasteiger partial charge in [-0.2, -0.15) is 0 Å². The third-order valence-electron chi connectivity index (χ3n) is 9.45. The van der Waals surface area contributed by atoms with Crippen LogP contribution in [0.4, 0.5) is 0 Å². The molecule has 4 aliphatic heterocycles. The van der Waals surface area contributed by atoms with Crippen molar-refractivity contribution in [2.24, 2.45) is 0 Å². The Bertz CT molecular complexity index is 2930. The number of rotatable bonds is 2. The van der Waals surface area contributed by atoms with Crippen LogP contribution in [0.1, 0.15) is 45.6 Å². The van der Waals surface area contributed by atoms with Gasteiger partial charge in [0.2, 0.25) is 0 Å². The van der Waals surface area contributed by atoms with Gasteiger partial charge >= 0.3 is 0 Å². The maximum atomic E-state index is 5.17. The van der Waals surface area contributed by atoms with Crippen molar-refractivity contribution in [3.05, 3.63) is 137 Å². The second kappa shape index (κ2) is 11.5. The molecule has 250 valence electrons. The summed E-state index contributed by atoms with van der Waals surface area (Å²) in [6.07, 6.45) is 18.1. The molecule has 0 atom stereocenters. The van der Waals surface area contributed by atoms with E-state index in [9.17, 15) is 0 Å². The average Bonchev–Trinajstić information content (AvgIpc) is 3.97. The lowest BCUT2D eigenvalue weighted by Crippen LogP contribution is -1.81. The summed E-state index contributed by atoms with van der Waals surface area (Å²) in [5.41, 5.74) is 17.1. The molecule has 10 heteroatoms. The van der Waals surface area contributed by atoms with Gasteiger partial charge in [0, 0.05) is 50.4 Å². The molecular formula is C43H28N10. The number of fused-ring (bicyclic) bond motifs is 16. The number of nitrogens with zero attached hydrogens (tertiary/aromatic N) is 5. The zero-order chi connectivity index (χ0) is 34.9. The van der Waals surface area contributed by atoms with Crippen molar-refractivity contribution >= 4 is 92.7 Å². The van der Waals surface area contributed by atoms with Crippen molar-refractivity contribution in [1.82, 2.24) is 49.8 Å². The first kappa shape index (κ1) is 29.2. The highest BCUT2D eigenvalue weighted by Gasteiger charge is 2.14. The zero-order valence-electron chi connectivity index (χ0n) is 28.0. The third kappa shape index (κ3) is 5.60. The van der Waals surface area contributed by atoms with E-state index < -0.39 is 0 Å². The highest BCUT2D eigenvalue weighted by molar-refractivity contribution is 5.90. The van der Waals surface area contributed by atoms with Crippen LogP contribution in [0.15, 0.2) is 91.1 Å². The molecule has 0 spiro atoms. The highest BCUT2D eigenvalue weighted by atomic mass is 14.9. The van der Waals surface area contributed by atoms with Gasteiger partial charge in [-0.25, -0.2) is 24.9 Å². The minimum Gasteiger partial charge on any atom is -0.355 e. The lowest BCUT2D eigenvalue weighted by Gasteiger charge is -1.94. The minimum atomic E-state index is 0.726. The topological polar surface area (TPSA) is 143 Å². The van der Waals surface area contributed by atoms with Crippen LogP contribution >= 0.6 is 0 Å². The van der Waals surface area contributed by atoms with Gasteiger partial charge in [-0.1, -0.05) is 0 Å². The predicted octanol–water partition coefficient (Wildman–Crippen LogP) is 9.68. The lowest BCUT2D eigenvalue weighted by atomic mass is 10.2. The lowest BCUT2D eigenvalue weighted by molar-refractivity contribution is 1.31. The number of H-pyrrole nitrogens is 5. The van der Waals surface area contributed by atoms with Crippen LogP contribution in [-0.4, -0.2) is 49.8 Å². The van der Waals surface area contributed by atoms with Gasteiger partial charge in [0.25, 0.3) is 0 Å². The van der Waals surface area contributed by atoms with Crippen LogP contribution in [0.5, 0.6) is 0 Å². The van der Waals surface area contributed by atoms with E-state index >= 15 is 0 Å². The van der Waals surface area contributed by atoms with Crippen LogP contribution in [-0.2, 0) is 0 Å². The van der Waals surface area contributed by atoms with E-state index in [1.807, 2.05) is 115 Å². The molecule has 0 unspecified atom stereocenters. The molecule has 5 N–H and O–H groups in total. The molecule has 7 aromatic rings. The fraction of sp³-hybridized carbons (Fsp3) is 0. The van der Waals surface area contributed by atoms with Crippen molar-refractivity contribution in [3.63, 3.8) is 0 Å². The Morgan fingerprint density at radius 1 is 0.321 bits per heavy atom.